The molecule has 0 aromatic carbocycles. The lowest BCUT2D eigenvalue weighted by Gasteiger charge is -2.38. The molecule has 1 aliphatic rings. The fourth-order valence-corrected chi connectivity index (χ4v) is 4.87. The van der Waals surface area contributed by atoms with Crippen molar-refractivity contribution in [2.75, 3.05) is 32.0 Å². The average Bonchev–Trinajstić information content (AvgIpc) is 3.35. The number of piperazine rings is 1. The number of thiazole rings is 2. The van der Waals surface area contributed by atoms with E-state index in [2.05, 4.69) is 25.6 Å². The van der Waals surface area contributed by atoms with Crippen molar-refractivity contribution in [3.63, 3.8) is 0 Å². The highest BCUT2D eigenvalue weighted by Crippen LogP contribution is 2.32. The van der Waals surface area contributed by atoms with Gasteiger partial charge in [-0.25, -0.2) is 15.0 Å². The Labute approximate surface area is 198 Å². The second-order valence-electron chi connectivity index (χ2n) is 7.69. The van der Waals surface area contributed by atoms with Gasteiger partial charge in [-0.15, -0.1) is 22.7 Å². The lowest BCUT2D eigenvalue weighted by atomic mass is 10.2. The summed E-state index contributed by atoms with van der Waals surface area (Å²) >= 11 is 3.26. The Bertz CT molecular complexity index is 1070. The monoisotopic (exact) mass is 498 g/mol. The molecule has 3 aromatic heterocycles. The van der Waals surface area contributed by atoms with Gasteiger partial charge in [-0.3, -0.25) is 4.79 Å². The summed E-state index contributed by atoms with van der Waals surface area (Å²) in [6.07, 6.45) is -2.21. The molecule has 0 aliphatic carbocycles. The number of pyridine rings is 1. The Morgan fingerprint density at radius 2 is 1.94 bits per heavy atom. The van der Waals surface area contributed by atoms with Crippen molar-refractivity contribution in [2.45, 2.75) is 33.0 Å². The van der Waals surface area contributed by atoms with E-state index >= 15 is 0 Å². The van der Waals surface area contributed by atoms with Gasteiger partial charge in [0, 0.05) is 31.2 Å². The molecule has 7 nitrogen and oxygen atoms in total. The van der Waals surface area contributed by atoms with Gasteiger partial charge in [0.1, 0.15) is 11.9 Å². The third kappa shape index (κ3) is 6.71. The van der Waals surface area contributed by atoms with Crippen LogP contribution in [0.2, 0.25) is 0 Å². The molecule has 4 heterocycles. The summed E-state index contributed by atoms with van der Waals surface area (Å²) in [4.78, 5) is 27.2. The second-order valence-corrected chi connectivity index (χ2v) is 9.76. The number of aromatic nitrogens is 3. The van der Waals surface area contributed by atoms with Gasteiger partial charge in [-0.05, 0) is 39.4 Å². The third-order valence-electron chi connectivity index (χ3n) is 4.92. The van der Waals surface area contributed by atoms with E-state index in [4.69, 9.17) is 0 Å². The first-order chi connectivity index (χ1) is 15.6. The molecule has 1 saturated heterocycles. The number of halogens is 3. The molecule has 1 atom stereocenters. The van der Waals surface area contributed by atoms with E-state index in [0.29, 0.717) is 6.54 Å². The molecule has 0 bridgehead atoms. The SMILES string of the molecule is CN1CCN(C=O)C(C(F)(F)F)C1.Cc1ccc(Nc2nc(-c3sc(C)nc3C)cs2)nc1. The van der Waals surface area contributed by atoms with Crippen LogP contribution in [0.25, 0.3) is 10.6 Å². The van der Waals surface area contributed by atoms with Crippen LogP contribution in [0.1, 0.15) is 16.3 Å². The van der Waals surface area contributed by atoms with E-state index in [1.54, 1.807) is 34.6 Å². The number of likely N-dealkylation sites (N-methyl/N-ethyl adjacent to an activating group) is 1. The maximum atomic E-state index is 12.3. The molecule has 0 radical (unpaired) electrons. The van der Waals surface area contributed by atoms with Gasteiger partial charge >= 0.3 is 6.18 Å². The van der Waals surface area contributed by atoms with Crippen molar-refractivity contribution in [1.82, 2.24) is 24.8 Å². The molecule has 12 heteroatoms. The van der Waals surface area contributed by atoms with Gasteiger partial charge in [0.25, 0.3) is 0 Å². The van der Waals surface area contributed by atoms with Crippen LogP contribution in [0, 0.1) is 20.8 Å². The molecule has 1 amide bonds. The fourth-order valence-electron chi connectivity index (χ4n) is 3.21. The number of nitrogens with one attached hydrogen (secondary N) is 1. The molecule has 3 aromatic rings. The summed E-state index contributed by atoms with van der Waals surface area (Å²) in [7, 11) is 1.61. The largest absolute Gasteiger partial charge is 0.410 e. The zero-order valence-corrected chi connectivity index (χ0v) is 20.3. The number of aryl methyl sites for hydroxylation is 3. The molecule has 33 heavy (non-hydrogen) atoms. The molecular formula is C21H25F3N6OS2. The van der Waals surface area contributed by atoms with Crippen LogP contribution in [0.15, 0.2) is 23.7 Å². The normalized spacial score (nSPS) is 16.8. The molecule has 0 spiro atoms. The van der Waals surface area contributed by atoms with Crippen LogP contribution in [0.3, 0.4) is 0 Å². The molecule has 1 unspecified atom stereocenters. The number of alkyl halides is 3. The Balaban J connectivity index is 0.000000205. The first kappa shape index (κ1) is 25.1. The van der Waals surface area contributed by atoms with E-state index in [0.717, 1.165) is 42.7 Å². The average molecular weight is 499 g/mol. The quantitative estimate of drug-likeness (QED) is 0.528. The predicted octanol–water partition coefficient (Wildman–Crippen LogP) is 4.65. The van der Waals surface area contributed by atoms with Crippen LogP contribution < -0.4 is 5.32 Å². The predicted molar refractivity (Wildman–Crippen MR) is 125 cm³/mol. The lowest BCUT2D eigenvalue weighted by molar-refractivity contribution is -0.195. The van der Waals surface area contributed by atoms with Gasteiger partial charge < -0.3 is 15.1 Å². The van der Waals surface area contributed by atoms with Crippen molar-refractivity contribution < 1.29 is 18.0 Å². The maximum absolute atomic E-state index is 12.3. The molecular weight excluding hydrogens is 473 g/mol. The minimum atomic E-state index is -4.32. The molecule has 178 valence electrons. The van der Waals surface area contributed by atoms with Gasteiger partial charge in [-0.2, -0.15) is 13.2 Å². The zero-order chi connectivity index (χ0) is 24.2. The summed E-state index contributed by atoms with van der Waals surface area (Å²) < 4.78 is 37.0. The van der Waals surface area contributed by atoms with E-state index < -0.39 is 12.2 Å². The summed E-state index contributed by atoms with van der Waals surface area (Å²) in [5.74, 6) is 0.814. The topological polar surface area (TPSA) is 74.2 Å². The Kier molecular flexibility index (Phi) is 8.03. The highest BCUT2D eigenvalue weighted by Gasteiger charge is 2.45. The third-order valence-corrected chi connectivity index (χ3v) is 6.78. The summed E-state index contributed by atoms with van der Waals surface area (Å²) in [6, 6.07) is 2.34. The van der Waals surface area contributed by atoms with Gasteiger partial charge in [0.05, 0.1) is 21.3 Å². The Morgan fingerprint density at radius 1 is 1.18 bits per heavy atom. The number of carbonyl (C=O) groups excluding carboxylic acids is 1. The molecule has 1 aliphatic heterocycles. The maximum Gasteiger partial charge on any atom is 0.410 e. The number of rotatable bonds is 4. The van der Waals surface area contributed by atoms with Gasteiger partial charge in [0.2, 0.25) is 6.41 Å². The van der Waals surface area contributed by atoms with Gasteiger partial charge in [-0.1, -0.05) is 6.07 Å². The van der Waals surface area contributed by atoms with E-state index in [1.165, 1.54) is 0 Å². The van der Waals surface area contributed by atoms with Crippen LogP contribution in [-0.2, 0) is 4.79 Å². The smallest absolute Gasteiger partial charge is 0.331 e. The number of hydrogen-bond donors (Lipinski definition) is 1. The summed E-state index contributed by atoms with van der Waals surface area (Å²) in [6.45, 7) is 6.56. The number of nitrogens with zero attached hydrogens (tertiary/aromatic N) is 5. The molecule has 1 fully saturated rings. The van der Waals surface area contributed by atoms with Crippen molar-refractivity contribution in [1.29, 1.82) is 0 Å². The van der Waals surface area contributed by atoms with Crippen LogP contribution >= 0.6 is 22.7 Å². The van der Waals surface area contributed by atoms with E-state index in [9.17, 15) is 18.0 Å². The molecule has 4 rings (SSSR count). The number of anilines is 2. The van der Waals surface area contributed by atoms with Crippen molar-refractivity contribution >= 4 is 40.0 Å². The minimum absolute atomic E-state index is 0.137. The fraction of sp³-hybridized carbons (Fsp3) is 0.429. The number of carbonyl (C=O) groups is 1. The highest BCUT2D eigenvalue weighted by molar-refractivity contribution is 7.16. The molecule has 0 saturated carbocycles. The van der Waals surface area contributed by atoms with Crippen molar-refractivity contribution in [3.8, 4) is 10.6 Å². The van der Waals surface area contributed by atoms with Crippen LogP contribution in [-0.4, -0.2) is 70.1 Å². The Morgan fingerprint density at radius 3 is 2.52 bits per heavy atom. The summed E-state index contributed by atoms with van der Waals surface area (Å²) in [5, 5.41) is 7.20. The zero-order valence-electron chi connectivity index (χ0n) is 18.7. The van der Waals surface area contributed by atoms with Crippen LogP contribution in [0.4, 0.5) is 24.1 Å². The molecule has 1 N–H and O–H groups in total. The van der Waals surface area contributed by atoms with Crippen LogP contribution in [0.5, 0.6) is 0 Å². The van der Waals surface area contributed by atoms with E-state index in [-0.39, 0.29) is 19.5 Å². The van der Waals surface area contributed by atoms with Crippen molar-refractivity contribution in [2.24, 2.45) is 0 Å². The lowest BCUT2D eigenvalue weighted by Crippen LogP contribution is -2.57. The first-order valence-electron chi connectivity index (χ1n) is 10.1. The summed E-state index contributed by atoms with van der Waals surface area (Å²) in [5.41, 5.74) is 3.16. The first-order valence-corrected chi connectivity index (χ1v) is 11.8. The number of amides is 1. The minimum Gasteiger partial charge on any atom is -0.331 e. The second kappa shape index (κ2) is 10.6. The highest BCUT2D eigenvalue weighted by atomic mass is 32.1. The Hall–Kier alpha value is -2.57. The van der Waals surface area contributed by atoms with Crippen molar-refractivity contribution in [3.05, 3.63) is 40.0 Å². The van der Waals surface area contributed by atoms with E-state index in [1.807, 2.05) is 39.1 Å². The number of hydrogen-bond acceptors (Lipinski definition) is 8. The standard InChI is InChI=1S/C14H14N4S2.C7H11F3N2O/c1-8-4-5-12(15-6-8)18-14-17-11(7-19-14)13-9(2)16-10(3)20-13;1-11-2-3-12(5-13)6(4-11)7(8,9)10/h4-7H,1-3H3,(H,15,17,18);5-6H,2-4H2,1H3. The van der Waals surface area contributed by atoms with Gasteiger partial charge in [0.15, 0.2) is 5.13 Å².